The first-order valence-corrected chi connectivity index (χ1v) is 4.50. The molecule has 0 bridgehead atoms. The van der Waals surface area contributed by atoms with Gasteiger partial charge in [-0.25, -0.2) is 0 Å². The maximum Gasteiger partial charge on any atom is 0.0829 e. The molecule has 0 aromatic rings. The van der Waals surface area contributed by atoms with Gasteiger partial charge in [0.15, 0.2) is 0 Å². The Morgan fingerprint density at radius 1 is 1.55 bits per heavy atom. The van der Waals surface area contributed by atoms with E-state index in [1.165, 1.54) is 12.8 Å². The van der Waals surface area contributed by atoms with Crippen LogP contribution in [0, 0.1) is 5.92 Å². The van der Waals surface area contributed by atoms with E-state index in [1.54, 1.807) is 0 Å². The molecule has 1 rings (SSSR count). The predicted octanol–water partition coefficient (Wildman–Crippen LogP) is 1.41. The largest absolute Gasteiger partial charge is 0.373 e. The molecule has 0 aromatic heterocycles. The molecule has 0 saturated carbocycles. The number of hydrogen-bond acceptors (Lipinski definition) is 2. The van der Waals surface area contributed by atoms with E-state index < -0.39 is 0 Å². The fourth-order valence-corrected chi connectivity index (χ4v) is 1.82. The molecule has 0 radical (unpaired) electrons. The number of nitrogens with one attached hydrogen (secondary N) is 1. The van der Waals surface area contributed by atoms with Crippen LogP contribution in [-0.4, -0.2) is 25.8 Å². The van der Waals surface area contributed by atoms with Crippen molar-refractivity contribution in [2.24, 2.45) is 5.92 Å². The van der Waals surface area contributed by atoms with Crippen molar-refractivity contribution in [2.75, 3.05) is 20.2 Å². The van der Waals surface area contributed by atoms with Crippen LogP contribution in [0.3, 0.4) is 0 Å². The predicted molar refractivity (Wildman–Crippen MR) is 46.7 cm³/mol. The van der Waals surface area contributed by atoms with Crippen molar-refractivity contribution in [3.63, 3.8) is 0 Å². The quantitative estimate of drug-likeness (QED) is 0.669. The molecule has 1 unspecified atom stereocenters. The highest BCUT2D eigenvalue weighted by Crippen LogP contribution is 2.32. The summed E-state index contributed by atoms with van der Waals surface area (Å²) in [4.78, 5) is 0. The summed E-state index contributed by atoms with van der Waals surface area (Å²) in [5.41, 5.74) is 0.134. The van der Waals surface area contributed by atoms with Crippen molar-refractivity contribution < 1.29 is 4.74 Å². The first-order valence-electron chi connectivity index (χ1n) is 4.50. The van der Waals surface area contributed by atoms with Crippen LogP contribution in [-0.2, 0) is 4.74 Å². The Labute approximate surface area is 69.3 Å². The molecule has 1 saturated heterocycles. The summed E-state index contributed by atoms with van der Waals surface area (Å²) in [6.45, 7) is 6.41. The van der Waals surface area contributed by atoms with E-state index in [-0.39, 0.29) is 5.60 Å². The average Bonchev–Trinajstić information content (AvgIpc) is 2.38. The van der Waals surface area contributed by atoms with Gasteiger partial charge in [-0.3, -0.25) is 0 Å². The molecule has 0 spiro atoms. The van der Waals surface area contributed by atoms with Gasteiger partial charge in [0.25, 0.3) is 0 Å². The zero-order valence-corrected chi connectivity index (χ0v) is 7.81. The van der Waals surface area contributed by atoms with Crippen LogP contribution in [0.25, 0.3) is 0 Å². The Morgan fingerprint density at radius 2 is 2.27 bits per heavy atom. The Balaban J connectivity index is 2.55. The van der Waals surface area contributed by atoms with Gasteiger partial charge in [0, 0.05) is 13.2 Å². The van der Waals surface area contributed by atoms with E-state index in [2.05, 4.69) is 19.2 Å². The van der Waals surface area contributed by atoms with Crippen molar-refractivity contribution in [3.05, 3.63) is 0 Å². The van der Waals surface area contributed by atoms with Crippen molar-refractivity contribution in [1.82, 2.24) is 5.32 Å². The minimum Gasteiger partial charge on any atom is -0.373 e. The zero-order valence-electron chi connectivity index (χ0n) is 7.81. The molecule has 66 valence electrons. The molecule has 1 atom stereocenters. The first kappa shape index (κ1) is 9.01. The third kappa shape index (κ3) is 1.74. The van der Waals surface area contributed by atoms with Crippen LogP contribution in [0.2, 0.25) is 0 Å². The minimum atomic E-state index is 0.134. The van der Waals surface area contributed by atoms with Crippen LogP contribution < -0.4 is 5.32 Å². The molecular formula is C9H19NO. The summed E-state index contributed by atoms with van der Waals surface area (Å²) < 4.78 is 5.78. The van der Waals surface area contributed by atoms with Gasteiger partial charge in [0.1, 0.15) is 0 Å². The lowest BCUT2D eigenvalue weighted by molar-refractivity contribution is -0.0302. The van der Waals surface area contributed by atoms with Gasteiger partial charge < -0.3 is 10.1 Å². The summed E-state index contributed by atoms with van der Waals surface area (Å²) in [5.74, 6) is 0.623. The average molecular weight is 157 g/mol. The van der Waals surface area contributed by atoms with E-state index in [9.17, 15) is 0 Å². The third-order valence-corrected chi connectivity index (χ3v) is 2.66. The van der Waals surface area contributed by atoms with Gasteiger partial charge in [0.05, 0.1) is 5.60 Å². The molecule has 1 fully saturated rings. The Hall–Kier alpha value is -0.0800. The second kappa shape index (κ2) is 3.55. The fourth-order valence-electron chi connectivity index (χ4n) is 1.82. The van der Waals surface area contributed by atoms with Crippen molar-refractivity contribution in [1.29, 1.82) is 0 Å². The normalized spacial score (nSPS) is 31.6. The minimum absolute atomic E-state index is 0.134. The number of likely N-dealkylation sites (N-methyl/N-ethyl adjacent to an activating group) is 1. The van der Waals surface area contributed by atoms with Crippen molar-refractivity contribution >= 4 is 0 Å². The van der Waals surface area contributed by atoms with Crippen LogP contribution >= 0.6 is 0 Å². The molecule has 1 N–H and O–H groups in total. The molecule has 0 amide bonds. The van der Waals surface area contributed by atoms with E-state index in [0.717, 1.165) is 13.2 Å². The Bertz CT molecular complexity index is 117. The molecular weight excluding hydrogens is 138 g/mol. The topological polar surface area (TPSA) is 21.3 Å². The molecule has 2 nitrogen and oxygen atoms in total. The smallest absolute Gasteiger partial charge is 0.0829 e. The van der Waals surface area contributed by atoms with Gasteiger partial charge in [-0.05, 0) is 25.8 Å². The summed E-state index contributed by atoms with van der Waals surface area (Å²) >= 11 is 0. The Morgan fingerprint density at radius 3 is 2.64 bits per heavy atom. The van der Waals surface area contributed by atoms with Gasteiger partial charge >= 0.3 is 0 Å². The molecule has 11 heavy (non-hydrogen) atoms. The Kier molecular flexibility index (Phi) is 2.90. The van der Waals surface area contributed by atoms with Crippen LogP contribution in [0.15, 0.2) is 0 Å². The number of hydrogen-bond donors (Lipinski definition) is 1. The first-order chi connectivity index (χ1) is 5.21. The summed E-state index contributed by atoms with van der Waals surface area (Å²) in [5, 5.41) is 3.21. The van der Waals surface area contributed by atoms with Crippen molar-refractivity contribution in [2.45, 2.75) is 32.3 Å². The fraction of sp³-hybridized carbons (Fsp3) is 1.00. The second-order valence-electron chi connectivity index (χ2n) is 3.70. The summed E-state index contributed by atoms with van der Waals surface area (Å²) in [6, 6.07) is 0. The van der Waals surface area contributed by atoms with Gasteiger partial charge in [-0.2, -0.15) is 0 Å². The van der Waals surface area contributed by atoms with E-state index >= 15 is 0 Å². The summed E-state index contributed by atoms with van der Waals surface area (Å²) in [6.07, 6.45) is 2.44. The highest BCUT2D eigenvalue weighted by molar-refractivity contribution is 4.89. The molecule has 0 aromatic carbocycles. The van der Waals surface area contributed by atoms with Crippen LogP contribution in [0.5, 0.6) is 0 Å². The molecule has 1 aliphatic rings. The lowest BCUT2D eigenvalue weighted by Gasteiger charge is -2.32. The molecule has 1 aliphatic heterocycles. The summed E-state index contributed by atoms with van der Waals surface area (Å²) in [7, 11) is 1.99. The van der Waals surface area contributed by atoms with Gasteiger partial charge in [-0.1, -0.05) is 13.8 Å². The van der Waals surface area contributed by atoms with Crippen molar-refractivity contribution in [3.8, 4) is 0 Å². The number of ether oxygens (including phenoxy) is 1. The van der Waals surface area contributed by atoms with Crippen LogP contribution in [0.4, 0.5) is 0 Å². The second-order valence-corrected chi connectivity index (χ2v) is 3.70. The highest BCUT2D eigenvalue weighted by Gasteiger charge is 2.37. The van der Waals surface area contributed by atoms with E-state index in [0.29, 0.717) is 5.92 Å². The van der Waals surface area contributed by atoms with Gasteiger partial charge in [-0.15, -0.1) is 0 Å². The van der Waals surface area contributed by atoms with E-state index in [1.807, 2.05) is 7.05 Å². The van der Waals surface area contributed by atoms with Crippen LogP contribution in [0.1, 0.15) is 26.7 Å². The SMILES string of the molecule is CNCC1(C(C)C)CCCO1. The van der Waals surface area contributed by atoms with E-state index in [4.69, 9.17) is 4.74 Å². The van der Waals surface area contributed by atoms with Gasteiger partial charge in [0.2, 0.25) is 0 Å². The lowest BCUT2D eigenvalue weighted by atomic mass is 9.87. The number of rotatable bonds is 3. The maximum absolute atomic E-state index is 5.78. The lowest BCUT2D eigenvalue weighted by Crippen LogP contribution is -2.43. The molecule has 2 heteroatoms. The standard InChI is InChI=1S/C9H19NO/c1-8(2)9(7-10-3)5-4-6-11-9/h8,10H,4-7H2,1-3H3. The highest BCUT2D eigenvalue weighted by atomic mass is 16.5. The zero-order chi connectivity index (χ0) is 8.32. The third-order valence-electron chi connectivity index (χ3n) is 2.66. The maximum atomic E-state index is 5.78. The molecule has 0 aliphatic carbocycles. The monoisotopic (exact) mass is 157 g/mol. The molecule has 1 heterocycles.